The molecule has 5 nitrogen and oxygen atoms in total. The monoisotopic (exact) mass is 389 g/mol. The molecule has 0 aromatic carbocycles. The van der Waals surface area contributed by atoms with Crippen LogP contribution in [0.2, 0.25) is 0 Å². The average molecular weight is 390 g/mol. The SMILES string of the molecule is CC/C(C)=C/C(=O)NCC1C[C@H]2CC[C@@H](C1)N2C(=O)Cc1sc(C)nc1C. The van der Waals surface area contributed by atoms with Crippen LogP contribution in [0.5, 0.6) is 0 Å². The number of hydrogen-bond donors (Lipinski definition) is 1. The molecule has 27 heavy (non-hydrogen) atoms. The van der Waals surface area contributed by atoms with Crippen LogP contribution in [0.1, 0.15) is 61.5 Å². The van der Waals surface area contributed by atoms with E-state index in [4.69, 9.17) is 0 Å². The van der Waals surface area contributed by atoms with E-state index in [-0.39, 0.29) is 11.8 Å². The van der Waals surface area contributed by atoms with Gasteiger partial charge in [0.15, 0.2) is 0 Å². The first-order valence-corrected chi connectivity index (χ1v) is 10.9. The van der Waals surface area contributed by atoms with Crippen molar-refractivity contribution in [1.29, 1.82) is 0 Å². The minimum Gasteiger partial charge on any atom is -0.352 e. The second-order valence-corrected chi connectivity index (χ2v) is 9.32. The van der Waals surface area contributed by atoms with E-state index in [1.165, 1.54) is 0 Å². The molecule has 148 valence electrons. The highest BCUT2D eigenvalue weighted by Gasteiger charge is 2.43. The molecule has 3 heterocycles. The Morgan fingerprint density at radius 1 is 1.26 bits per heavy atom. The van der Waals surface area contributed by atoms with E-state index in [0.29, 0.717) is 31.0 Å². The molecule has 1 N–H and O–H groups in total. The number of piperidine rings is 1. The van der Waals surface area contributed by atoms with Gasteiger partial charge in [0.25, 0.3) is 0 Å². The molecule has 2 aliphatic rings. The van der Waals surface area contributed by atoms with Gasteiger partial charge in [-0.15, -0.1) is 11.3 Å². The zero-order valence-corrected chi connectivity index (χ0v) is 17.7. The maximum Gasteiger partial charge on any atom is 0.243 e. The van der Waals surface area contributed by atoms with E-state index in [2.05, 4.69) is 22.1 Å². The lowest BCUT2D eigenvalue weighted by atomic mass is 9.90. The van der Waals surface area contributed by atoms with Gasteiger partial charge in [0, 0.05) is 29.6 Å². The third-order valence-corrected chi connectivity index (χ3v) is 7.00. The molecule has 2 aliphatic heterocycles. The summed E-state index contributed by atoms with van der Waals surface area (Å²) >= 11 is 1.64. The van der Waals surface area contributed by atoms with Crippen LogP contribution in [0.4, 0.5) is 0 Å². The van der Waals surface area contributed by atoms with Gasteiger partial charge < -0.3 is 10.2 Å². The molecule has 0 spiro atoms. The van der Waals surface area contributed by atoms with Crippen molar-refractivity contribution in [3.8, 4) is 0 Å². The molecule has 0 radical (unpaired) electrons. The van der Waals surface area contributed by atoms with Crippen LogP contribution in [-0.4, -0.2) is 40.3 Å². The Kier molecular flexibility index (Phi) is 6.35. The van der Waals surface area contributed by atoms with Crippen molar-refractivity contribution in [3.05, 3.63) is 27.2 Å². The van der Waals surface area contributed by atoms with Crippen molar-refractivity contribution in [2.75, 3.05) is 6.54 Å². The van der Waals surface area contributed by atoms with E-state index in [1.54, 1.807) is 17.4 Å². The van der Waals surface area contributed by atoms with Gasteiger partial charge in [-0.3, -0.25) is 9.59 Å². The zero-order valence-electron chi connectivity index (χ0n) is 16.9. The highest BCUT2D eigenvalue weighted by atomic mass is 32.1. The number of fused-ring (bicyclic) bond motifs is 2. The summed E-state index contributed by atoms with van der Waals surface area (Å²) in [6.07, 6.45) is 7.27. The molecule has 2 amide bonds. The molecule has 0 aliphatic carbocycles. The number of aryl methyl sites for hydroxylation is 2. The van der Waals surface area contributed by atoms with Gasteiger partial charge in [0.1, 0.15) is 0 Å². The topological polar surface area (TPSA) is 62.3 Å². The largest absolute Gasteiger partial charge is 0.352 e. The first-order chi connectivity index (χ1) is 12.9. The second kappa shape index (κ2) is 8.55. The fourth-order valence-corrected chi connectivity index (χ4v) is 5.38. The summed E-state index contributed by atoms with van der Waals surface area (Å²) in [5.41, 5.74) is 2.09. The normalized spacial score (nSPS) is 25.0. The van der Waals surface area contributed by atoms with Crippen LogP contribution in [-0.2, 0) is 16.0 Å². The fraction of sp³-hybridized carbons (Fsp3) is 0.667. The minimum absolute atomic E-state index is 0.0104. The van der Waals surface area contributed by atoms with Gasteiger partial charge in [-0.05, 0) is 58.8 Å². The van der Waals surface area contributed by atoms with Gasteiger partial charge >= 0.3 is 0 Å². The fourth-order valence-electron chi connectivity index (χ4n) is 4.45. The number of allylic oxidation sites excluding steroid dienone is 1. The number of carbonyl (C=O) groups excluding carboxylic acids is 2. The summed E-state index contributed by atoms with van der Waals surface area (Å²) in [5.74, 6) is 0.729. The Morgan fingerprint density at radius 2 is 1.93 bits per heavy atom. The summed E-state index contributed by atoms with van der Waals surface area (Å²) in [6.45, 7) is 8.74. The molecule has 6 heteroatoms. The van der Waals surface area contributed by atoms with Crippen molar-refractivity contribution >= 4 is 23.2 Å². The summed E-state index contributed by atoms with van der Waals surface area (Å²) in [6, 6.07) is 0.667. The molecule has 1 unspecified atom stereocenters. The van der Waals surface area contributed by atoms with E-state index in [9.17, 15) is 9.59 Å². The predicted octanol–water partition coefficient (Wildman–Crippen LogP) is 3.54. The summed E-state index contributed by atoms with van der Waals surface area (Å²) < 4.78 is 0. The molecule has 2 saturated heterocycles. The van der Waals surface area contributed by atoms with Crippen LogP contribution < -0.4 is 5.32 Å². The van der Waals surface area contributed by atoms with Crippen molar-refractivity contribution in [2.24, 2.45) is 5.92 Å². The number of nitrogens with one attached hydrogen (secondary N) is 1. The van der Waals surface area contributed by atoms with Crippen molar-refractivity contribution in [2.45, 2.75) is 78.3 Å². The van der Waals surface area contributed by atoms with Gasteiger partial charge in [-0.25, -0.2) is 4.98 Å². The standard InChI is InChI=1S/C21H31N3O2S/c1-5-13(2)8-20(25)22-12-16-9-17-6-7-18(10-16)24(17)21(26)11-19-14(3)23-15(4)27-19/h8,16-18H,5-7,9-12H2,1-4H3,(H,22,25)/b13-8+/t16?,17-,18+. The zero-order chi connectivity index (χ0) is 19.6. The number of hydrogen-bond acceptors (Lipinski definition) is 4. The molecule has 3 rings (SSSR count). The molecule has 2 bridgehead atoms. The lowest BCUT2D eigenvalue weighted by Crippen LogP contribution is -2.48. The average Bonchev–Trinajstić information content (AvgIpc) is 3.08. The Bertz CT molecular complexity index is 726. The highest BCUT2D eigenvalue weighted by molar-refractivity contribution is 7.11. The van der Waals surface area contributed by atoms with E-state index in [1.807, 2.05) is 20.8 Å². The van der Waals surface area contributed by atoms with E-state index < -0.39 is 0 Å². The lowest BCUT2D eigenvalue weighted by Gasteiger charge is -2.39. The molecule has 2 fully saturated rings. The number of thiazole rings is 1. The summed E-state index contributed by atoms with van der Waals surface area (Å²) in [5, 5.41) is 4.08. The van der Waals surface area contributed by atoms with Crippen LogP contribution in [0, 0.1) is 19.8 Å². The number of carbonyl (C=O) groups is 2. The first kappa shape index (κ1) is 20.1. The van der Waals surface area contributed by atoms with Gasteiger partial charge in [-0.2, -0.15) is 0 Å². The first-order valence-electron chi connectivity index (χ1n) is 10.1. The quantitative estimate of drug-likeness (QED) is 0.757. The molecular formula is C21H31N3O2S. The van der Waals surface area contributed by atoms with Gasteiger partial charge in [0.05, 0.1) is 17.1 Å². The van der Waals surface area contributed by atoms with Crippen LogP contribution in [0.15, 0.2) is 11.6 Å². The smallest absolute Gasteiger partial charge is 0.243 e. The van der Waals surface area contributed by atoms with Crippen LogP contribution in [0.3, 0.4) is 0 Å². The second-order valence-electron chi connectivity index (χ2n) is 8.03. The third kappa shape index (κ3) is 4.78. The van der Waals surface area contributed by atoms with Gasteiger partial charge in [0.2, 0.25) is 11.8 Å². The van der Waals surface area contributed by atoms with Crippen molar-refractivity contribution < 1.29 is 9.59 Å². The van der Waals surface area contributed by atoms with Crippen molar-refractivity contribution in [3.63, 3.8) is 0 Å². The Labute approximate surface area is 166 Å². The molecule has 3 atom stereocenters. The summed E-state index contributed by atoms with van der Waals surface area (Å²) in [4.78, 5) is 32.6. The molecule has 1 aromatic rings. The maximum atomic E-state index is 12.9. The Balaban J connectivity index is 1.55. The molecule has 1 aromatic heterocycles. The van der Waals surface area contributed by atoms with Crippen LogP contribution in [0.25, 0.3) is 0 Å². The molecule has 0 saturated carbocycles. The number of nitrogens with zero attached hydrogens (tertiary/aromatic N) is 2. The predicted molar refractivity (Wildman–Crippen MR) is 109 cm³/mol. The number of rotatable bonds is 6. The van der Waals surface area contributed by atoms with E-state index >= 15 is 0 Å². The number of aromatic nitrogens is 1. The Hall–Kier alpha value is -1.69. The molecular weight excluding hydrogens is 358 g/mol. The maximum absolute atomic E-state index is 12.9. The Morgan fingerprint density at radius 3 is 2.48 bits per heavy atom. The highest BCUT2D eigenvalue weighted by Crippen LogP contribution is 2.39. The van der Waals surface area contributed by atoms with E-state index in [0.717, 1.165) is 53.3 Å². The number of amides is 2. The minimum atomic E-state index is 0.0104. The summed E-state index contributed by atoms with van der Waals surface area (Å²) in [7, 11) is 0. The third-order valence-electron chi connectivity index (χ3n) is 5.93. The van der Waals surface area contributed by atoms with Crippen LogP contribution >= 0.6 is 11.3 Å². The van der Waals surface area contributed by atoms with Gasteiger partial charge in [-0.1, -0.05) is 12.5 Å². The lowest BCUT2D eigenvalue weighted by molar-refractivity contribution is -0.135. The van der Waals surface area contributed by atoms with Crippen molar-refractivity contribution in [1.82, 2.24) is 15.2 Å².